The SMILES string of the molecule is CCOC(=O)c1c(NC(=O)CN2CCOCC2)sc2c1CCC[C@@H]2O. The molecule has 138 valence electrons. The number of aliphatic hydroxyl groups excluding tert-OH is 1. The molecule has 7 nitrogen and oxygen atoms in total. The third-order valence-electron chi connectivity index (χ3n) is 4.45. The Morgan fingerprint density at radius 1 is 1.40 bits per heavy atom. The molecule has 0 unspecified atom stereocenters. The largest absolute Gasteiger partial charge is 0.462 e. The minimum Gasteiger partial charge on any atom is -0.462 e. The molecule has 25 heavy (non-hydrogen) atoms. The minimum atomic E-state index is -0.577. The Morgan fingerprint density at radius 3 is 2.88 bits per heavy atom. The number of amides is 1. The lowest BCUT2D eigenvalue weighted by Crippen LogP contribution is -2.41. The Kier molecular flexibility index (Phi) is 6.06. The van der Waals surface area contributed by atoms with Crippen LogP contribution in [0.4, 0.5) is 5.00 Å². The summed E-state index contributed by atoms with van der Waals surface area (Å²) < 4.78 is 10.5. The Hall–Kier alpha value is -1.48. The first-order valence-electron chi connectivity index (χ1n) is 8.70. The molecule has 1 atom stereocenters. The Morgan fingerprint density at radius 2 is 2.16 bits per heavy atom. The van der Waals surface area contributed by atoms with Gasteiger partial charge in [-0.2, -0.15) is 0 Å². The van der Waals surface area contributed by atoms with Gasteiger partial charge in [-0.25, -0.2) is 4.79 Å². The molecule has 1 amide bonds. The first-order chi connectivity index (χ1) is 12.1. The molecule has 0 saturated carbocycles. The second kappa shape index (κ2) is 8.27. The number of hydrogen-bond acceptors (Lipinski definition) is 7. The Labute approximate surface area is 150 Å². The first-order valence-corrected chi connectivity index (χ1v) is 9.52. The van der Waals surface area contributed by atoms with Gasteiger partial charge >= 0.3 is 5.97 Å². The highest BCUT2D eigenvalue weighted by Gasteiger charge is 2.31. The van der Waals surface area contributed by atoms with Gasteiger partial charge in [-0.1, -0.05) is 0 Å². The van der Waals surface area contributed by atoms with Gasteiger partial charge in [0.25, 0.3) is 0 Å². The van der Waals surface area contributed by atoms with Gasteiger partial charge in [0.2, 0.25) is 5.91 Å². The lowest BCUT2D eigenvalue weighted by atomic mass is 9.93. The maximum absolute atomic E-state index is 12.4. The van der Waals surface area contributed by atoms with Gasteiger partial charge < -0.3 is 19.9 Å². The number of thiophene rings is 1. The van der Waals surface area contributed by atoms with Crippen molar-refractivity contribution in [2.45, 2.75) is 32.3 Å². The van der Waals surface area contributed by atoms with Crippen LogP contribution >= 0.6 is 11.3 Å². The number of carbonyl (C=O) groups is 2. The maximum atomic E-state index is 12.4. The van der Waals surface area contributed by atoms with Crippen LogP contribution in [0.1, 0.15) is 46.7 Å². The van der Waals surface area contributed by atoms with Crippen LogP contribution in [0.25, 0.3) is 0 Å². The summed E-state index contributed by atoms with van der Waals surface area (Å²) in [6, 6.07) is 0. The second-order valence-electron chi connectivity index (χ2n) is 6.21. The van der Waals surface area contributed by atoms with Gasteiger partial charge in [-0.3, -0.25) is 9.69 Å². The number of hydrogen-bond donors (Lipinski definition) is 2. The van der Waals surface area contributed by atoms with Crippen molar-refractivity contribution < 1.29 is 24.2 Å². The Bertz CT molecular complexity index is 639. The highest BCUT2D eigenvalue weighted by atomic mass is 32.1. The minimum absolute atomic E-state index is 0.166. The van der Waals surface area contributed by atoms with Crippen molar-refractivity contribution >= 4 is 28.2 Å². The fourth-order valence-corrected chi connectivity index (χ4v) is 4.51. The average molecular weight is 368 g/mol. The van der Waals surface area contributed by atoms with Crippen molar-refractivity contribution in [1.29, 1.82) is 0 Å². The number of esters is 1. The highest BCUT2D eigenvalue weighted by molar-refractivity contribution is 7.17. The molecule has 0 radical (unpaired) electrons. The quantitative estimate of drug-likeness (QED) is 0.767. The summed E-state index contributed by atoms with van der Waals surface area (Å²) in [6.07, 6.45) is 1.64. The summed E-state index contributed by atoms with van der Waals surface area (Å²) in [5, 5.41) is 13.6. The molecular formula is C17H24N2O5S. The summed E-state index contributed by atoms with van der Waals surface area (Å²) >= 11 is 1.29. The van der Waals surface area contributed by atoms with Crippen LogP contribution in [0.3, 0.4) is 0 Å². The normalized spacial score (nSPS) is 20.8. The van der Waals surface area contributed by atoms with E-state index in [1.54, 1.807) is 6.92 Å². The molecule has 0 spiro atoms. The molecule has 1 aromatic rings. The lowest BCUT2D eigenvalue weighted by Gasteiger charge is -2.25. The molecule has 1 saturated heterocycles. The molecule has 1 fully saturated rings. The number of nitrogens with one attached hydrogen (secondary N) is 1. The van der Waals surface area contributed by atoms with Gasteiger partial charge in [0.1, 0.15) is 5.00 Å². The topological polar surface area (TPSA) is 88.1 Å². The molecular weight excluding hydrogens is 344 g/mol. The number of morpholine rings is 1. The zero-order valence-corrected chi connectivity index (χ0v) is 15.2. The third kappa shape index (κ3) is 4.20. The van der Waals surface area contributed by atoms with E-state index in [1.807, 2.05) is 4.90 Å². The Balaban J connectivity index is 1.79. The monoisotopic (exact) mass is 368 g/mol. The standard InChI is InChI=1S/C17H24N2O5S/c1-2-24-17(22)14-11-4-3-5-12(20)15(11)25-16(14)18-13(21)10-19-6-8-23-9-7-19/h12,20H,2-10H2,1H3,(H,18,21)/t12-/m0/s1. The molecule has 0 aromatic carbocycles. The van der Waals surface area contributed by atoms with Crippen molar-refractivity contribution in [2.24, 2.45) is 0 Å². The third-order valence-corrected chi connectivity index (χ3v) is 5.70. The van der Waals surface area contributed by atoms with E-state index < -0.39 is 12.1 Å². The molecule has 8 heteroatoms. The van der Waals surface area contributed by atoms with E-state index in [1.165, 1.54) is 11.3 Å². The van der Waals surface area contributed by atoms with Crippen LogP contribution in [0, 0.1) is 0 Å². The van der Waals surface area contributed by atoms with Crippen molar-refractivity contribution in [1.82, 2.24) is 4.90 Å². The fraction of sp³-hybridized carbons (Fsp3) is 0.647. The zero-order valence-electron chi connectivity index (χ0n) is 14.4. The van der Waals surface area contributed by atoms with Crippen LogP contribution in [0.5, 0.6) is 0 Å². The summed E-state index contributed by atoms with van der Waals surface area (Å²) in [6.45, 7) is 4.98. The van der Waals surface area contributed by atoms with E-state index in [9.17, 15) is 14.7 Å². The van der Waals surface area contributed by atoms with Crippen LogP contribution in [0.2, 0.25) is 0 Å². The number of nitrogens with zero attached hydrogens (tertiary/aromatic N) is 1. The highest BCUT2D eigenvalue weighted by Crippen LogP contribution is 2.42. The van der Waals surface area contributed by atoms with Gasteiger partial charge in [0, 0.05) is 18.0 Å². The van der Waals surface area contributed by atoms with E-state index in [2.05, 4.69) is 5.32 Å². The van der Waals surface area contributed by atoms with E-state index in [0.717, 1.165) is 36.4 Å². The van der Waals surface area contributed by atoms with Crippen LogP contribution in [-0.2, 0) is 20.7 Å². The number of fused-ring (bicyclic) bond motifs is 1. The van der Waals surface area contributed by atoms with Crippen LogP contribution in [-0.4, -0.2) is 61.3 Å². The smallest absolute Gasteiger partial charge is 0.341 e. The van der Waals surface area contributed by atoms with E-state index in [0.29, 0.717) is 30.2 Å². The summed E-state index contributed by atoms with van der Waals surface area (Å²) in [7, 11) is 0. The molecule has 1 aliphatic heterocycles. The van der Waals surface area contributed by atoms with Crippen molar-refractivity contribution in [3.05, 3.63) is 16.0 Å². The average Bonchev–Trinajstić information content (AvgIpc) is 2.95. The molecule has 2 N–H and O–H groups in total. The second-order valence-corrected chi connectivity index (χ2v) is 7.27. The summed E-state index contributed by atoms with van der Waals surface area (Å²) in [5.41, 5.74) is 1.24. The first kappa shape index (κ1) is 18.3. The van der Waals surface area contributed by atoms with Gasteiger partial charge in [0.05, 0.1) is 38.0 Å². The molecule has 1 aliphatic carbocycles. The maximum Gasteiger partial charge on any atom is 0.341 e. The number of aliphatic hydroxyl groups is 1. The number of ether oxygens (including phenoxy) is 2. The van der Waals surface area contributed by atoms with Crippen molar-refractivity contribution in [2.75, 3.05) is 44.8 Å². The van der Waals surface area contributed by atoms with Gasteiger partial charge in [-0.15, -0.1) is 11.3 Å². The van der Waals surface area contributed by atoms with Crippen molar-refractivity contribution in [3.63, 3.8) is 0 Å². The van der Waals surface area contributed by atoms with E-state index in [4.69, 9.17) is 9.47 Å². The number of anilines is 1. The molecule has 1 aromatic heterocycles. The lowest BCUT2D eigenvalue weighted by molar-refractivity contribution is -0.118. The summed E-state index contributed by atoms with van der Waals surface area (Å²) in [4.78, 5) is 27.6. The number of rotatable bonds is 5. The molecule has 2 heterocycles. The van der Waals surface area contributed by atoms with Crippen LogP contribution in [0.15, 0.2) is 0 Å². The predicted molar refractivity (Wildman–Crippen MR) is 94.1 cm³/mol. The van der Waals surface area contributed by atoms with E-state index >= 15 is 0 Å². The molecule has 0 bridgehead atoms. The van der Waals surface area contributed by atoms with Crippen LogP contribution < -0.4 is 5.32 Å². The van der Waals surface area contributed by atoms with Gasteiger partial charge in [-0.05, 0) is 31.7 Å². The molecule has 2 aliphatic rings. The van der Waals surface area contributed by atoms with Gasteiger partial charge in [0.15, 0.2) is 0 Å². The predicted octanol–water partition coefficient (Wildman–Crippen LogP) is 1.57. The fourth-order valence-electron chi connectivity index (χ4n) is 3.24. The number of carbonyl (C=O) groups excluding carboxylic acids is 2. The zero-order chi connectivity index (χ0) is 17.8. The van der Waals surface area contributed by atoms with E-state index in [-0.39, 0.29) is 19.1 Å². The molecule has 3 rings (SSSR count). The van der Waals surface area contributed by atoms with Crippen molar-refractivity contribution in [3.8, 4) is 0 Å². The summed E-state index contributed by atoms with van der Waals surface area (Å²) in [5.74, 6) is -0.601.